The molecule has 0 bridgehead atoms. The number of rotatable bonds is 8. The van der Waals surface area contributed by atoms with Crippen LogP contribution >= 0.6 is 0 Å². The Kier molecular flexibility index (Phi) is 7.57. The molecule has 4 aromatic carbocycles. The van der Waals surface area contributed by atoms with E-state index < -0.39 is 44.3 Å². The molecule has 0 saturated carbocycles. The molecule has 0 radical (unpaired) electrons. The van der Waals surface area contributed by atoms with Gasteiger partial charge in [-0.1, -0.05) is 66.2 Å². The lowest BCUT2D eigenvalue weighted by molar-refractivity contribution is 0.295. The Morgan fingerprint density at radius 1 is 0.800 bits per heavy atom. The summed E-state index contributed by atoms with van der Waals surface area (Å²) >= 11 is 0. The summed E-state index contributed by atoms with van der Waals surface area (Å²) in [5.41, 5.74) is 1.49. The third-order valence-electron chi connectivity index (χ3n) is 5.80. The quantitative estimate of drug-likeness (QED) is 0.269. The van der Waals surface area contributed by atoms with Crippen LogP contribution in [-0.4, -0.2) is 18.4 Å². The van der Waals surface area contributed by atoms with Crippen molar-refractivity contribution < 1.29 is 21.4 Å². The number of halogens is 2. The zero-order valence-corrected chi connectivity index (χ0v) is 20.6. The molecule has 0 aliphatic rings. The fraction of sp³-hybridized carbons (Fsp3) is 0.143. The lowest BCUT2D eigenvalue weighted by Gasteiger charge is -2.24. The molecule has 7 heteroatoms. The molecule has 0 aromatic heterocycles. The van der Waals surface area contributed by atoms with Crippen LogP contribution in [0.3, 0.4) is 0 Å². The molecule has 0 fully saturated rings. The van der Waals surface area contributed by atoms with E-state index in [4.69, 9.17) is 0 Å². The average Bonchev–Trinajstić information content (AvgIpc) is 2.88. The number of hydrogen-bond acceptors (Lipinski definition) is 3. The molecule has 3 nitrogen and oxygen atoms in total. The summed E-state index contributed by atoms with van der Waals surface area (Å²) in [7, 11) is -5.54. The minimum atomic E-state index is -3.87. The standard InChI is InChI=1S/C28H24F2O3S2/c1-20-11-17-23(18-12-20)34(31)27-10-6-5-9-25(27)28(30)26(21-13-15-22(29)16-14-21)19-35(32,33)24-7-3-2-4-8-24/h2-18,26,28H,19H2,1H3/t26-,28+,34+/m1/s1. The summed E-state index contributed by atoms with van der Waals surface area (Å²) in [6.07, 6.45) is -1.80. The molecule has 0 heterocycles. The first-order valence-electron chi connectivity index (χ1n) is 11.0. The van der Waals surface area contributed by atoms with E-state index in [-0.39, 0.29) is 15.4 Å². The van der Waals surface area contributed by atoms with E-state index >= 15 is 4.39 Å². The van der Waals surface area contributed by atoms with Gasteiger partial charge >= 0.3 is 0 Å². The molecular formula is C28H24F2O3S2. The van der Waals surface area contributed by atoms with Gasteiger partial charge in [0, 0.05) is 21.3 Å². The van der Waals surface area contributed by atoms with Crippen molar-refractivity contribution in [2.75, 3.05) is 5.75 Å². The van der Waals surface area contributed by atoms with Gasteiger partial charge in [0.25, 0.3) is 0 Å². The van der Waals surface area contributed by atoms with Crippen molar-refractivity contribution >= 4 is 20.6 Å². The summed E-state index contributed by atoms with van der Waals surface area (Å²) < 4.78 is 69.7. The Hall–Kier alpha value is -3.16. The first kappa shape index (κ1) is 24.9. The Morgan fingerprint density at radius 3 is 2.06 bits per heavy atom. The molecule has 0 aliphatic carbocycles. The van der Waals surface area contributed by atoms with Crippen LogP contribution in [-0.2, 0) is 20.6 Å². The number of aryl methyl sites for hydroxylation is 1. The molecular weight excluding hydrogens is 486 g/mol. The van der Waals surface area contributed by atoms with Crippen LogP contribution in [0, 0.1) is 12.7 Å². The van der Waals surface area contributed by atoms with Crippen molar-refractivity contribution in [3.05, 3.63) is 126 Å². The van der Waals surface area contributed by atoms with Gasteiger partial charge in [0.05, 0.1) is 21.4 Å². The van der Waals surface area contributed by atoms with Gasteiger partial charge in [-0.05, 0) is 55.0 Å². The molecule has 4 rings (SSSR count). The normalized spacial score (nSPS) is 14.3. The highest BCUT2D eigenvalue weighted by Crippen LogP contribution is 2.39. The van der Waals surface area contributed by atoms with Crippen molar-refractivity contribution in [3.63, 3.8) is 0 Å². The Labute approximate surface area is 206 Å². The topological polar surface area (TPSA) is 51.2 Å². The molecule has 0 amide bonds. The number of sulfone groups is 1. The van der Waals surface area contributed by atoms with Gasteiger partial charge in [-0.25, -0.2) is 21.4 Å². The maximum absolute atomic E-state index is 16.3. The summed E-state index contributed by atoms with van der Waals surface area (Å²) in [6.45, 7) is 1.92. The van der Waals surface area contributed by atoms with Crippen molar-refractivity contribution in [1.29, 1.82) is 0 Å². The Balaban J connectivity index is 1.77. The highest BCUT2D eigenvalue weighted by atomic mass is 32.2. The average molecular weight is 511 g/mol. The molecule has 4 aromatic rings. The fourth-order valence-corrected chi connectivity index (χ4v) is 6.74. The van der Waals surface area contributed by atoms with E-state index in [1.807, 2.05) is 19.1 Å². The van der Waals surface area contributed by atoms with E-state index in [2.05, 4.69) is 0 Å². The van der Waals surface area contributed by atoms with Gasteiger partial charge in [-0.15, -0.1) is 0 Å². The Bertz CT molecular complexity index is 1420. The first-order valence-corrected chi connectivity index (χ1v) is 13.8. The van der Waals surface area contributed by atoms with E-state index in [1.165, 1.54) is 42.5 Å². The van der Waals surface area contributed by atoms with Gasteiger partial charge in [0.2, 0.25) is 0 Å². The minimum Gasteiger partial charge on any atom is -0.249 e. The molecule has 3 atom stereocenters. The lowest BCUT2D eigenvalue weighted by Crippen LogP contribution is -2.20. The molecule has 0 saturated heterocycles. The molecule has 0 spiro atoms. The van der Waals surface area contributed by atoms with E-state index in [0.717, 1.165) is 5.56 Å². The van der Waals surface area contributed by atoms with Crippen LogP contribution in [0.5, 0.6) is 0 Å². The number of alkyl halides is 1. The monoisotopic (exact) mass is 510 g/mol. The second kappa shape index (κ2) is 10.6. The zero-order chi connectivity index (χ0) is 25.0. The Morgan fingerprint density at radius 2 is 1.40 bits per heavy atom. The third kappa shape index (κ3) is 5.74. The van der Waals surface area contributed by atoms with Crippen LogP contribution < -0.4 is 0 Å². The van der Waals surface area contributed by atoms with Gasteiger partial charge in [0.15, 0.2) is 9.84 Å². The van der Waals surface area contributed by atoms with Gasteiger partial charge in [0.1, 0.15) is 12.0 Å². The molecule has 0 unspecified atom stereocenters. The third-order valence-corrected chi connectivity index (χ3v) is 9.06. The second-order valence-electron chi connectivity index (χ2n) is 8.27. The predicted molar refractivity (Wildman–Crippen MR) is 134 cm³/mol. The zero-order valence-electron chi connectivity index (χ0n) is 19.0. The lowest BCUT2D eigenvalue weighted by atomic mass is 9.91. The largest absolute Gasteiger partial charge is 0.249 e. The molecule has 180 valence electrons. The first-order chi connectivity index (χ1) is 16.8. The summed E-state index contributed by atoms with van der Waals surface area (Å²) in [5.74, 6) is -2.18. The van der Waals surface area contributed by atoms with Crippen molar-refractivity contribution in [3.8, 4) is 0 Å². The number of benzene rings is 4. The summed E-state index contributed by atoms with van der Waals surface area (Å²) in [5, 5.41) is 0. The summed E-state index contributed by atoms with van der Waals surface area (Å²) in [6, 6.07) is 26.5. The van der Waals surface area contributed by atoms with Crippen LogP contribution in [0.15, 0.2) is 118 Å². The molecule has 35 heavy (non-hydrogen) atoms. The van der Waals surface area contributed by atoms with E-state index in [9.17, 15) is 17.0 Å². The molecule has 0 N–H and O–H groups in total. The minimum absolute atomic E-state index is 0.0795. The van der Waals surface area contributed by atoms with E-state index in [1.54, 1.807) is 48.5 Å². The van der Waals surface area contributed by atoms with Gasteiger partial charge in [-0.3, -0.25) is 0 Å². The maximum Gasteiger partial charge on any atom is 0.179 e. The number of hydrogen-bond donors (Lipinski definition) is 0. The van der Waals surface area contributed by atoms with Crippen molar-refractivity contribution in [1.82, 2.24) is 0 Å². The highest BCUT2D eigenvalue weighted by molar-refractivity contribution is 7.91. The highest BCUT2D eigenvalue weighted by Gasteiger charge is 2.33. The van der Waals surface area contributed by atoms with Crippen LogP contribution in [0.1, 0.15) is 28.8 Å². The van der Waals surface area contributed by atoms with Gasteiger partial charge < -0.3 is 0 Å². The van der Waals surface area contributed by atoms with Crippen LogP contribution in [0.25, 0.3) is 0 Å². The maximum atomic E-state index is 16.3. The van der Waals surface area contributed by atoms with Crippen LogP contribution in [0.4, 0.5) is 8.78 Å². The molecule has 0 aliphatic heterocycles. The summed E-state index contributed by atoms with van der Waals surface area (Å²) in [4.78, 5) is 0.870. The van der Waals surface area contributed by atoms with E-state index in [0.29, 0.717) is 10.5 Å². The second-order valence-corrected chi connectivity index (χ2v) is 11.8. The SMILES string of the molecule is Cc1ccc([S@](=O)c2ccccc2[C@H](F)[C@H](CS(=O)(=O)c2ccccc2)c2ccc(F)cc2)cc1. The predicted octanol–water partition coefficient (Wildman–Crippen LogP) is 6.57. The van der Waals surface area contributed by atoms with Crippen LogP contribution in [0.2, 0.25) is 0 Å². The smallest absolute Gasteiger partial charge is 0.179 e. The fourth-order valence-electron chi connectivity index (χ4n) is 3.90. The van der Waals surface area contributed by atoms with Gasteiger partial charge in [-0.2, -0.15) is 0 Å². The van der Waals surface area contributed by atoms with Crippen molar-refractivity contribution in [2.45, 2.75) is 33.7 Å². The van der Waals surface area contributed by atoms with Crippen molar-refractivity contribution in [2.24, 2.45) is 0 Å².